The van der Waals surface area contributed by atoms with Crippen LogP contribution < -0.4 is 0 Å². The number of carboxylic acids is 1. The van der Waals surface area contributed by atoms with E-state index in [1.165, 1.54) is 17.1 Å². The summed E-state index contributed by atoms with van der Waals surface area (Å²) >= 11 is 1.15. The summed E-state index contributed by atoms with van der Waals surface area (Å²) in [6.07, 6.45) is 3.64. The van der Waals surface area contributed by atoms with Crippen LogP contribution in [-0.4, -0.2) is 41.3 Å². The number of aliphatic carboxylic acids is 1. The van der Waals surface area contributed by atoms with Crippen LogP contribution in [0.4, 0.5) is 4.39 Å². The van der Waals surface area contributed by atoms with Crippen LogP contribution in [0.2, 0.25) is 0 Å². The van der Waals surface area contributed by atoms with E-state index in [2.05, 4.69) is 20.3 Å². The van der Waals surface area contributed by atoms with Gasteiger partial charge in [-0.25, -0.2) is 19.0 Å². The Balaban J connectivity index is 1.88. The lowest BCUT2D eigenvalue weighted by atomic mass is 10.2. The van der Waals surface area contributed by atoms with Crippen molar-refractivity contribution in [2.24, 2.45) is 0 Å². The molecule has 0 aliphatic rings. The van der Waals surface area contributed by atoms with Crippen LogP contribution in [0, 0.1) is 5.82 Å². The van der Waals surface area contributed by atoms with Crippen molar-refractivity contribution in [2.45, 2.75) is 43.0 Å². The second-order valence-electron chi connectivity index (χ2n) is 5.78. The molecule has 2 aromatic heterocycles. The molecule has 3 aromatic rings. The lowest BCUT2D eigenvalue weighted by molar-refractivity contribution is -0.136. The van der Waals surface area contributed by atoms with Gasteiger partial charge in [0.15, 0.2) is 11.2 Å². The predicted molar refractivity (Wildman–Crippen MR) is 95.4 cm³/mol. The van der Waals surface area contributed by atoms with Gasteiger partial charge in [-0.2, -0.15) is 0 Å². The third kappa shape index (κ3) is 3.98. The molecule has 1 N–H and O–H groups in total. The fraction of sp³-hybridized carbons (Fsp3) is 0.353. The van der Waals surface area contributed by atoms with Gasteiger partial charge in [0.25, 0.3) is 0 Å². The number of benzene rings is 1. The van der Waals surface area contributed by atoms with Crippen LogP contribution in [0.3, 0.4) is 0 Å². The maximum Gasteiger partial charge on any atom is 0.317 e. The second-order valence-corrected chi connectivity index (χ2v) is 6.97. The molecule has 0 saturated heterocycles. The van der Waals surface area contributed by atoms with Crippen molar-refractivity contribution in [1.82, 2.24) is 25.0 Å². The van der Waals surface area contributed by atoms with E-state index in [4.69, 9.17) is 0 Å². The van der Waals surface area contributed by atoms with E-state index in [0.717, 1.165) is 24.6 Å². The van der Waals surface area contributed by atoms with E-state index in [9.17, 15) is 14.3 Å². The Morgan fingerprint density at radius 1 is 1.35 bits per heavy atom. The minimum atomic E-state index is -0.881. The number of halogens is 1. The van der Waals surface area contributed by atoms with Crippen LogP contribution in [0.15, 0.2) is 35.6 Å². The molecule has 136 valence electrons. The van der Waals surface area contributed by atoms with Crippen molar-refractivity contribution in [3.8, 4) is 0 Å². The number of unbranched alkanes of at least 4 members (excludes halogenated alkanes) is 1. The number of hydrogen-bond donors (Lipinski definition) is 1. The standard InChI is InChI=1S/C17H18FN5O2S/c1-2-3-8-13(17(24)25)26-16-14-15(19-10-20-16)23(22-21-14)9-11-6-4-5-7-12(11)18/h4-7,10,13H,2-3,8-9H2,1H3,(H,24,25)/t13-/m1/s1. The highest BCUT2D eigenvalue weighted by atomic mass is 32.2. The van der Waals surface area contributed by atoms with Gasteiger partial charge in [0.1, 0.15) is 22.4 Å². The Hall–Kier alpha value is -2.55. The number of aromatic nitrogens is 5. The third-order valence-corrected chi connectivity index (χ3v) is 5.14. The fourth-order valence-electron chi connectivity index (χ4n) is 2.51. The van der Waals surface area contributed by atoms with Crippen molar-refractivity contribution in [1.29, 1.82) is 0 Å². The van der Waals surface area contributed by atoms with E-state index in [1.807, 2.05) is 6.92 Å². The van der Waals surface area contributed by atoms with Gasteiger partial charge < -0.3 is 5.11 Å². The molecule has 0 bridgehead atoms. The molecule has 0 radical (unpaired) electrons. The predicted octanol–water partition coefficient (Wildman–Crippen LogP) is 3.14. The molecule has 0 spiro atoms. The normalized spacial score (nSPS) is 12.4. The molecule has 7 nitrogen and oxygen atoms in total. The van der Waals surface area contributed by atoms with Crippen molar-refractivity contribution >= 4 is 28.9 Å². The van der Waals surface area contributed by atoms with Crippen LogP contribution in [0.5, 0.6) is 0 Å². The smallest absolute Gasteiger partial charge is 0.317 e. The molecule has 0 aliphatic carbocycles. The number of rotatable bonds is 8. The Morgan fingerprint density at radius 3 is 2.88 bits per heavy atom. The number of nitrogens with zero attached hydrogens (tertiary/aromatic N) is 5. The highest BCUT2D eigenvalue weighted by molar-refractivity contribution is 8.00. The molecule has 3 rings (SSSR count). The van der Waals surface area contributed by atoms with Crippen molar-refractivity contribution in [2.75, 3.05) is 0 Å². The quantitative estimate of drug-likeness (QED) is 0.477. The SMILES string of the molecule is CCCC[C@@H](Sc1ncnc2c1nnn2Cc1ccccc1F)C(=O)O. The first kappa shape index (κ1) is 18.2. The van der Waals surface area contributed by atoms with Crippen LogP contribution >= 0.6 is 11.8 Å². The van der Waals surface area contributed by atoms with Crippen molar-refractivity contribution < 1.29 is 14.3 Å². The maximum atomic E-state index is 13.9. The number of carbonyl (C=O) groups is 1. The van der Waals surface area contributed by atoms with Crippen molar-refractivity contribution in [3.05, 3.63) is 42.0 Å². The van der Waals surface area contributed by atoms with Gasteiger partial charge in [0.05, 0.1) is 6.54 Å². The lowest BCUT2D eigenvalue weighted by Crippen LogP contribution is -2.16. The number of hydrogen-bond acceptors (Lipinski definition) is 6. The van der Waals surface area contributed by atoms with Crippen LogP contribution in [-0.2, 0) is 11.3 Å². The Labute approximate surface area is 153 Å². The van der Waals surface area contributed by atoms with Gasteiger partial charge in [0.2, 0.25) is 0 Å². The summed E-state index contributed by atoms with van der Waals surface area (Å²) in [5, 5.41) is 17.4. The van der Waals surface area contributed by atoms with Crippen molar-refractivity contribution in [3.63, 3.8) is 0 Å². The molecule has 0 unspecified atom stereocenters. The van der Waals surface area contributed by atoms with Gasteiger partial charge in [-0.3, -0.25) is 4.79 Å². The summed E-state index contributed by atoms with van der Waals surface area (Å²) < 4.78 is 15.4. The molecular weight excluding hydrogens is 357 g/mol. The molecule has 0 fully saturated rings. The first-order valence-electron chi connectivity index (χ1n) is 8.27. The summed E-state index contributed by atoms with van der Waals surface area (Å²) in [5.41, 5.74) is 1.35. The number of fused-ring (bicyclic) bond motifs is 1. The Bertz CT molecular complexity index is 917. The number of carboxylic acid groups (broad SMARTS) is 1. The lowest BCUT2D eigenvalue weighted by Gasteiger charge is -2.10. The summed E-state index contributed by atoms with van der Waals surface area (Å²) in [4.78, 5) is 19.8. The summed E-state index contributed by atoms with van der Waals surface area (Å²) in [6.45, 7) is 2.20. The highest BCUT2D eigenvalue weighted by Gasteiger charge is 2.22. The molecule has 0 saturated carbocycles. The van der Waals surface area contributed by atoms with Gasteiger partial charge >= 0.3 is 5.97 Å². The first-order chi connectivity index (χ1) is 12.6. The summed E-state index contributed by atoms with van der Waals surface area (Å²) in [6, 6.07) is 6.43. The van der Waals surface area contributed by atoms with Gasteiger partial charge in [0, 0.05) is 5.56 Å². The third-order valence-electron chi connectivity index (χ3n) is 3.89. The zero-order valence-electron chi connectivity index (χ0n) is 14.2. The average Bonchev–Trinajstić information content (AvgIpc) is 3.04. The molecule has 0 aliphatic heterocycles. The first-order valence-corrected chi connectivity index (χ1v) is 9.15. The zero-order chi connectivity index (χ0) is 18.5. The molecular formula is C17H18FN5O2S. The van der Waals surface area contributed by atoms with E-state index >= 15 is 0 Å². The average molecular weight is 375 g/mol. The molecule has 1 atom stereocenters. The van der Waals surface area contributed by atoms with Gasteiger partial charge in [-0.15, -0.1) is 5.10 Å². The fourth-order valence-corrected chi connectivity index (χ4v) is 3.52. The zero-order valence-corrected chi connectivity index (χ0v) is 15.0. The van der Waals surface area contributed by atoms with Gasteiger partial charge in [-0.1, -0.05) is 54.9 Å². The molecule has 2 heterocycles. The molecule has 9 heteroatoms. The maximum absolute atomic E-state index is 13.9. The summed E-state index contributed by atoms with van der Waals surface area (Å²) in [7, 11) is 0. The topological polar surface area (TPSA) is 93.8 Å². The number of thioether (sulfide) groups is 1. The van der Waals surface area contributed by atoms with Crippen LogP contribution in [0.1, 0.15) is 31.7 Å². The van der Waals surface area contributed by atoms with E-state index < -0.39 is 11.2 Å². The highest BCUT2D eigenvalue weighted by Crippen LogP contribution is 2.29. The summed E-state index contributed by atoms with van der Waals surface area (Å²) in [5.74, 6) is -1.21. The minimum Gasteiger partial charge on any atom is -0.480 e. The Morgan fingerprint density at radius 2 is 2.15 bits per heavy atom. The molecule has 26 heavy (non-hydrogen) atoms. The largest absolute Gasteiger partial charge is 0.480 e. The van der Waals surface area contributed by atoms with E-state index in [-0.39, 0.29) is 12.4 Å². The Kier molecular flexibility index (Phi) is 5.77. The van der Waals surface area contributed by atoms with E-state index in [1.54, 1.807) is 18.2 Å². The molecule has 1 aromatic carbocycles. The molecule has 0 amide bonds. The minimum absolute atomic E-state index is 0.183. The van der Waals surface area contributed by atoms with Crippen LogP contribution in [0.25, 0.3) is 11.2 Å². The monoisotopic (exact) mass is 375 g/mol. The van der Waals surface area contributed by atoms with Gasteiger partial charge in [-0.05, 0) is 12.5 Å². The van der Waals surface area contributed by atoms with E-state index in [0.29, 0.717) is 28.2 Å². The second kappa shape index (κ2) is 8.22.